The van der Waals surface area contributed by atoms with Gasteiger partial charge in [-0.05, 0) is 34.9 Å². The van der Waals surface area contributed by atoms with Crippen LogP contribution in [0.4, 0.5) is 11.5 Å². The molecule has 0 aromatic carbocycles. The number of pyridine rings is 1. The fourth-order valence-corrected chi connectivity index (χ4v) is 2.94. The molecule has 0 bridgehead atoms. The van der Waals surface area contributed by atoms with Crippen LogP contribution in [0.2, 0.25) is 0 Å². The first-order valence-corrected chi connectivity index (χ1v) is 7.19. The van der Waals surface area contributed by atoms with Gasteiger partial charge >= 0.3 is 5.82 Å². The monoisotopic (exact) mass is 293 g/mol. The Morgan fingerprint density at radius 2 is 2.33 bits per heavy atom. The molecule has 0 amide bonds. The van der Waals surface area contributed by atoms with Crippen LogP contribution in [-0.4, -0.2) is 47.9 Å². The molecule has 3 heterocycles. The van der Waals surface area contributed by atoms with Crippen molar-refractivity contribution in [2.24, 2.45) is 0 Å². The number of nitrogens with zero attached hydrogens (tertiary/aromatic N) is 3. The van der Waals surface area contributed by atoms with Crippen LogP contribution in [0.1, 0.15) is 19.4 Å². The van der Waals surface area contributed by atoms with Crippen molar-refractivity contribution < 1.29 is 14.4 Å². The van der Waals surface area contributed by atoms with Crippen LogP contribution in [-0.2, 0) is 15.9 Å². The molecule has 2 saturated heterocycles. The van der Waals surface area contributed by atoms with Crippen LogP contribution < -0.4 is 4.90 Å². The van der Waals surface area contributed by atoms with Crippen LogP contribution in [0.3, 0.4) is 0 Å². The smallest absolute Gasteiger partial charge is 0.375 e. The number of rotatable bonds is 3. The third-order valence-corrected chi connectivity index (χ3v) is 4.44. The molecular formula is C14H19N3O4. The summed E-state index contributed by atoms with van der Waals surface area (Å²) in [5.41, 5.74) is 1.24. The number of anilines is 1. The van der Waals surface area contributed by atoms with Gasteiger partial charge in [0.1, 0.15) is 17.5 Å². The molecule has 1 aromatic rings. The van der Waals surface area contributed by atoms with Crippen molar-refractivity contribution in [3.8, 4) is 0 Å². The summed E-state index contributed by atoms with van der Waals surface area (Å²) in [4.78, 5) is 16.9. The standard InChI is InChI=1S/C14H19N3O4/c1-3-11-6-12(13(15-7-11)17(18)19)16-4-5-21-14(10(16)2)8-20-9-14/h6-7,10H,3-5,8-9H2,1-2H3. The maximum atomic E-state index is 11.3. The van der Waals surface area contributed by atoms with Gasteiger partial charge in [-0.1, -0.05) is 6.92 Å². The van der Waals surface area contributed by atoms with E-state index in [0.29, 0.717) is 32.1 Å². The van der Waals surface area contributed by atoms with Crippen molar-refractivity contribution in [1.29, 1.82) is 0 Å². The Morgan fingerprint density at radius 1 is 1.57 bits per heavy atom. The van der Waals surface area contributed by atoms with E-state index in [2.05, 4.69) is 4.98 Å². The number of hydrogen-bond acceptors (Lipinski definition) is 6. The third kappa shape index (κ3) is 2.26. The Bertz CT molecular complexity index is 559. The molecule has 7 heteroatoms. The number of aryl methyl sites for hydroxylation is 1. The number of nitro groups is 1. The van der Waals surface area contributed by atoms with E-state index in [4.69, 9.17) is 9.47 Å². The molecule has 1 unspecified atom stereocenters. The van der Waals surface area contributed by atoms with E-state index in [1.165, 1.54) is 0 Å². The lowest BCUT2D eigenvalue weighted by Crippen LogP contribution is -2.68. The number of hydrogen-bond donors (Lipinski definition) is 0. The predicted octanol–water partition coefficient (Wildman–Crippen LogP) is 1.55. The van der Waals surface area contributed by atoms with E-state index >= 15 is 0 Å². The molecule has 0 radical (unpaired) electrons. The predicted molar refractivity (Wildman–Crippen MR) is 76.6 cm³/mol. The topological polar surface area (TPSA) is 77.7 Å². The fourth-order valence-electron chi connectivity index (χ4n) is 2.94. The maximum Gasteiger partial charge on any atom is 0.387 e. The number of ether oxygens (including phenoxy) is 2. The second kappa shape index (κ2) is 5.23. The van der Waals surface area contributed by atoms with Crippen LogP contribution in [0, 0.1) is 10.1 Å². The lowest BCUT2D eigenvalue weighted by atomic mass is 9.90. The first-order valence-electron chi connectivity index (χ1n) is 7.19. The third-order valence-electron chi connectivity index (χ3n) is 4.44. The summed E-state index contributed by atoms with van der Waals surface area (Å²) in [5, 5.41) is 11.3. The van der Waals surface area contributed by atoms with Gasteiger partial charge in [0.25, 0.3) is 0 Å². The largest absolute Gasteiger partial charge is 0.387 e. The van der Waals surface area contributed by atoms with Gasteiger partial charge in [0, 0.05) is 6.54 Å². The molecule has 2 aliphatic heterocycles. The van der Waals surface area contributed by atoms with Crippen molar-refractivity contribution in [3.63, 3.8) is 0 Å². The summed E-state index contributed by atoms with van der Waals surface area (Å²) >= 11 is 0. The lowest BCUT2D eigenvalue weighted by Gasteiger charge is -2.53. The Hall–Kier alpha value is -1.73. The molecule has 1 atom stereocenters. The number of aromatic nitrogens is 1. The molecule has 1 aromatic heterocycles. The normalized spacial score (nSPS) is 23.9. The van der Waals surface area contributed by atoms with Gasteiger partial charge in [-0.2, -0.15) is 0 Å². The zero-order chi connectivity index (χ0) is 15.0. The number of morpholine rings is 1. The SMILES string of the molecule is CCc1cnc([N+](=O)[O-])c(N2CCOC3(COC3)C2C)c1. The van der Waals surface area contributed by atoms with Gasteiger partial charge in [0.15, 0.2) is 0 Å². The van der Waals surface area contributed by atoms with Gasteiger partial charge in [-0.25, -0.2) is 0 Å². The minimum atomic E-state index is -0.416. The quantitative estimate of drug-likeness (QED) is 0.621. The van der Waals surface area contributed by atoms with Crippen LogP contribution in [0.25, 0.3) is 0 Å². The minimum absolute atomic E-state index is 0.0209. The molecule has 114 valence electrons. The van der Waals surface area contributed by atoms with Crippen molar-refractivity contribution >= 4 is 11.5 Å². The molecule has 0 saturated carbocycles. The molecule has 2 fully saturated rings. The van der Waals surface area contributed by atoms with Crippen molar-refractivity contribution in [1.82, 2.24) is 4.98 Å². The highest BCUT2D eigenvalue weighted by Crippen LogP contribution is 2.37. The Morgan fingerprint density at radius 3 is 2.90 bits per heavy atom. The summed E-state index contributed by atoms with van der Waals surface area (Å²) in [6.07, 6.45) is 2.37. The van der Waals surface area contributed by atoms with Gasteiger partial charge in [-0.3, -0.25) is 0 Å². The molecule has 0 N–H and O–H groups in total. The summed E-state index contributed by atoms with van der Waals surface area (Å²) < 4.78 is 11.2. The average molecular weight is 293 g/mol. The van der Waals surface area contributed by atoms with Gasteiger partial charge < -0.3 is 24.5 Å². The second-order valence-electron chi connectivity index (χ2n) is 5.57. The Kier molecular flexibility index (Phi) is 3.54. The van der Waals surface area contributed by atoms with Crippen LogP contribution >= 0.6 is 0 Å². The Labute approximate surface area is 123 Å². The highest BCUT2D eigenvalue weighted by molar-refractivity contribution is 5.61. The lowest BCUT2D eigenvalue weighted by molar-refractivity contribution is -0.388. The van der Waals surface area contributed by atoms with E-state index in [9.17, 15) is 10.1 Å². The summed E-state index contributed by atoms with van der Waals surface area (Å²) in [6.45, 7) is 6.29. The maximum absolute atomic E-state index is 11.3. The zero-order valence-corrected chi connectivity index (χ0v) is 12.2. The minimum Gasteiger partial charge on any atom is -0.375 e. The first-order chi connectivity index (χ1) is 10.1. The first kappa shape index (κ1) is 14.2. The molecule has 0 aliphatic carbocycles. The second-order valence-corrected chi connectivity index (χ2v) is 5.57. The summed E-state index contributed by atoms with van der Waals surface area (Å²) in [5.74, 6) is -0.0867. The van der Waals surface area contributed by atoms with Gasteiger partial charge in [0.05, 0.1) is 25.9 Å². The fraction of sp³-hybridized carbons (Fsp3) is 0.643. The van der Waals surface area contributed by atoms with Crippen LogP contribution in [0.5, 0.6) is 0 Å². The molecule has 21 heavy (non-hydrogen) atoms. The average Bonchev–Trinajstić information content (AvgIpc) is 2.45. The molecule has 2 aliphatic rings. The van der Waals surface area contributed by atoms with Gasteiger partial charge in [-0.15, -0.1) is 0 Å². The van der Waals surface area contributed by atoms with E-state index in [0.717, 1.165) is 12.0 Å². The molecule has 7 nitrogen and oxygen atoms in total. The van der Waals surface area contributed by atoms with E-state index in [-0.39, 0.29) is 17.5 Å². The van der Waals surface area contributed by atoms with Crippen LogP contribution in [0.15, 0.2) is 12.3 Å². The van der Waals surface area contributed by atoms with Crippen molar-refractivity contribution in [3.05, 3.63) is 27.9 Å². The van der Waals surface area contributed by atoms with Gasteiger partial charge in [0.2, 0.25) is 0 Å². The summed E-state index contributed by atoms with van der Waals surface area (Å²) in [6, 6.07) is 1.90. The highest BCUT2D eigenvalue weighted by atomic mass is 16.6. The van der Waals surface area contributed by atoms with Crippen molar-refractivity contribution in [2.75, 3.05) is 31.3 Å². The molecular weight excluding hydrogens is 274 g/mol. The van der Waals surface area contributed by atoms with E-state index in [1.807, 2.05) is 24.8 Å². The summed E-state index contributed by atoms with van der Waals surface area (Å²) in [7, 11) is 0. The zero-order valence-electron chi connectivity index (χ0n) is 12.2. The highest BCUT2D eigenvalue weighted by Gasteiger charge is 2.50. The van der Waals surface area contributed by atoms with E-state index < -0.39 is 4.92 Å². The molecule has 1 spiro atoms. The Balaban J connectivity index is 1.99. The van der Waals surface area contributed by atoms with Crippen molar-refractivity contribution in [2.45, 2.75) is 31.9 Å². The van der Waals surface area contributed by atoms with E-state index in [1.54, 1.807) is 6.20 Å². The molecule has 3 rings (SSSR count).